The predicted molar refractivity (Wildman–Crippen MR) is 273 cm³/mol. The Morgan fingerprint density at radius 2 is 1.26 bits per heavy atom. The van der Waals surface area contributed by atoms with Crippen LogP contribution in [0.2, 0.25) is 0 Å². The lowest BCUT2D eigenvalue weighted by Gasteiger charge is -2.40. The summed E-state index contributed by atoms with van der Waals surface area (Å²) in [5.41, 5.74) is 1.79. The van der Waals surface area contributed by atoms with Crippen LogP contribution in [0.4, 0.5) is 28.1 Å². The summed E-state index contributed by atoms with van der Waals surface area (Å²) in [5, 5.41) is 30.5. The van der Waals surface area contributed by atoms with E-state index in [0.29, 0.717) is 118 Å². The number of hydrogen-bond donors (Lipinski definition) is 5. The number of fused-ring (bicyclic) bond motifs is 1. The number of carboxylic acids is 1. The lowest BCUT2D eigenvalue weighted by molar-refractivity contribution is -0.131. The van der Waals surface area contributed by atoms with Gasteiger partial charge in [-0.3, -0.25) is 19.3 Å². The first-order valence-corrected chi connectivity index (χ1v) is 25.6. The molecule has 5 heterocycles. The zero-order valence-electron chi connectivity index (χ0n) is 42.8. The number of amides is 4. The number of aromatic nitrogens is 2. The van der Waals surface area contributed by atoms with Crippen molar-refractivity contribution in [1.29, 1.82) is 0 Å². The molecule has 0 spiro atoms. The van der Waals surface area contributed by atoms with Crippen molar-refractivity contribution in [3.05, 3.63) is 64.7 Å². The first kappa shape index (κ1) is 53.4. The number of nitrogens with zero attached hydrogens (tertiary/aromatic N) is 7. The molecule has 1 unspecified atom stereocenters. The van der Waals surface area contributed by atoms with Crippen molar-refractivity contribution < 1.29 is 48.4 Å². The third kappa shape index (κ3) is 14.2. The molecule has 0 radical (unpaired) electrons. The number of aliphatic hydroxyl groups is 1. The molecular weight excluding hydrogens is 925 g/mol. The second-order valence-electron chi connectivity index (χ2n) is 20.1. The molecule has 3 aliphatic heterocycles. The number of aromatic carboxylic acids is 1. The highest BCUT2D eigenvalue weighted by molar-refractivity contribution is 5.96. The second kappa shape index (κ2) is 24.3. The van der Waals surface area contributed by atoms with Gasteiger partial charge in [-0.15, -0.1) is 0 Å². The smallest absolute Gasteiger partial charge is 0.410 e. The zero-order chi connectivity index (χ0) is 51.5. The Morgan fingerprint density at radius 1 is 0.736 bits per heavy atom. The van der Waals surface area contributed by atoms with Gasteiger partial charge >= 0.3 is 12.1 Å². The number of benzene rings is 1. The van der Waals surface area contributed by atoms with Gasteiger partial charge < -0.3 is 60.0 Å². The molecule has 8 rings (SSSR count). The Labute approximate surface area is 422 Å². The Balaban J connectivity index is 0.000000264. The summed E-state index contributed by atoms with van der Waals surface area (Å²) in [7, 11) is 1.55. The van der Waals surface area contributed by atoms with E-state index in [1.807, 2.05) is 41.8 Å². The van der Waals surface area contributed by atoms with Crippen molar-refractivity contribution in [2.45, 2.75) is 129 Å². The average Bonchev–Trinajstić information content (AvgIpc) is 3.35. The summed E-state index contributed by atoms with van der Waals surface area (Å²) in [6.07, 6.45) is 6.42. The van der Waals surface area contributed by atoms with Gasteiger partial charge in [0.2, 0.25) is 11.8 Å². The SMILES string of the molecule is CCC(=O)N1CCN(c2cc(C(=O)NC[C@@H](O)C3Cc4ccc(OCOC)cc4CN3C(=O)OC(C)(C)C)cc(NC3CCC3)n2)CC1.CCC(=O)N1CCN(c2cc(C(=O)O)cc(NC3CCC3)n2)CC1. The Bertz CT molecular complexity index is 2370. The van der Waals surface area contributed by atoms with Crippen molar-refractivity contribution in [3.8, 4) is 5.75 Å². The molecule has 3 aromatic rings. The Morgan fingerprint density at radius 3 is 1.74 bits per heavy atom. The molecular formula is C52H74N10O10. The minimum Gasteiger partial charge on any atom is -0.478 e. The third-order valence-electron chi connectivity index (χ3n) is 13.8. The van der Waals surface area contributed by atoms with Gasteiger partial charge in [0, 0.05) is 103 Å². The number of carbonyl (C=O) groups excluding carboxylic acids is 4. The first-order chi connectivity index (χ1) is 34.5. The molecule has 0 bridgehead atoms. The van der Waals surface area contributed by atoms with Crippen LogP contribution in [0.3, 0.4) is 0 Å². The van der Waals surface area contributed by atoms with Gasteiger partial charge in [0.1, 0.15) is 34.6 Å². The number of piperazine rings is 2. The third-order valence-corrected chi connectivity index (χ3v) is 13.8. The van der Waals surface area contributed by atoms with Gasteiger partial charge in [-0.25, -0.2) is 19.6 Å². The monoisotopic (exact) mass is 999 g/mol. The summed E-state index contributed by atoms with van der Waals surface area (Å²) in [6, 6.07) is 12.4. The summed E-state index contributed by atoms with van der Waals surface area (Å²) in [4.78, 5) is 81.2. The van der Waals surface area contributed by atoms with E-state index in [1.54, 1.807) is 52.1 Å². The van der Waals surface area contributed by atoms with E-state index in [9.17, 15) is 34.2 Å². The van der Waals surface area contributed by atoms with Crippen LogP contribution >= 0.6 is 0 Å². The molecule has 5 N–H and O–H groups in total. The van der Waals surface area contributed by atoms with E-state index in [4.69, 9.17) is 19.2 Å². The number of hydrogen-bond acceptors (Lipinski definition) is 15. The van der Waals surface area contributed by atoms with Crippen molar-refractivity contribution in [3.63, 3.8) is 0 Å². The highest BCUT2D eigenvalue weighted by atomic mass is 16.7. The number of pyridine rings is 2. The molecule has 20 heteroatoms. The van der Waals surface area contributed by atoms with E-state index in [2.05, 4.69) is 30.7 Å². The lowest BCUT2D eigenvalue weighted by atomic mass is 9.91. The van der Waals surface area contributed by atoms with Crippen LogP contribution in [0.5, 0.6) is 5.75 Å². The van der Waals surface area contributed by atoms with Crippen LogP contribution < -0.4 is 30.5 Å². The molecule has 20 nitrogen and oxygen atoms in total. The van der Waals surface area contributed by atoms with Gasteiger partial charge in [-0.1, -0.05) is 19.9 Å². The maximum Gasteiger partial charge on any atom is 0.410 e. The van der Waals surface area contributed by atoms with E-state index in [1.165, 1.54) is 11.3 Å². The van der Waals surface area contributed by atoms with Gasteiger partial charge in [0.05, 0.1) is 17.7 Å². The van der Waals surface area contributed by atoms with E-state index >= 15 is 0 Å². The number of nitrogens with one attached hydrogen (secondary N) is 3. The molecule has 2 aromatic heterocycles. The van der Waals surface area contributed by atoms with Crippen LogP contribution in [0, 0.1) is 0 Å². The van der Waals surface area contributed by atoms with E-state index < -0.39 is 29.8 Å². The van der Waals surface area contributed by atoms with Crippen molar-refractivity contribution in [2.24, 2.45) is 0 Å². The minimum absolute atomic E-state index is 0.0754. The molecule has 2 aliphatic carbocycles. The predicted octanol–water partition coefficient (Wildman–Crippen LogP) is 5.34. The van der Waals surface area contributed by atoms with Crippen LogP contribution in [-0.4, -0.2) is 167 Å². The summed E-state index contributed by atoms with van der Waals surface area (Å²) < 4.78 is 16.3. The number of methoxy groups -OCH3 is 1. The number of anilines is 4. The number of carbonyl (C=O) groups is 5. The van der Waals surface area contributed by atoms with Gasteiger partial charge in [-0.05, 0) is 113 Å². The standard InChI is InChI=1S/C35H50N6O7.C17H24N4O3/c1-6-32(43)40-14-12-39(13-15-40)31-19-24(18-30(38-31)37-26-8-7-9-26)33(44)36-20-29(42)28-17-23-10-11-27(47-22-46-5)16-25(23)21-41(28)34(45)48-35(2,3)4;1-2-16(22)21-8-6-20(7-9-21)15-11-12(17(23)24)10-14(19-15)18-13-4-3-5-13/h10-11,16,18-19,26,28-29,42H,6-9,12-15,17,20-22H2,1-5H3,(H,36,44)(H,37,38);10-11,13H,2-9H2,1H3,(H,18,19)(H,23,24)/t28?,29-;/m1./s1. The average molecular weight is 999 g/mol. The molecule has 2 saturated heterocycles. The largest absolute Gasteiger partial charge is 0.478 e. The highest BCUT2D eigenvalue weighted by Gasteiger charge is 2.37. The fourth-order valence-electron chi connectivity index (χ4n) is 9.20. The first-order valence-electron chi connectivity index (χ1n) is 25.6. The van der Waals surface area contributed by atoms with Gasteiger partial charge in [0.15, 0.2) is 6.79 Å². The minimum atomic E-state index is -1.07. The summed E-state index contributed by atoms with van der Waals surface area (Å²) >= 11 is 0. The van der Waals surface area contributed by atoms with E-state index in [0.717, 1.165) is 43.2 Å². The van der Waals surface area contributed by atoms with E-state index in [-0.39, 0.29) is 43.2 Å². The Hall–Kier alpha value is -6.41. The molecule has 392 valence electrons. The second-order valence-corrected chi connectivity index (χ2v) is 20.1. The lowest BCUT2D eigenvalue weighted by Crippen LogP contribution is -2.54. The normalized spacial score (nSPS) is 18.6. The molecule has 72 heavy (non-hydrogen) atoms. The van der Waals surface area contributed by atoms with Crippen LogP contribution in [0.1, 0.15) is 118 Å². The zero-order valence-corrected chi connectivity index (χ0v) is 42.8. The highest BCUT2D eigenvalue weighted by Crippen LogP contribution is 2.31. The van der Waals surface area contributed by atoms with Gasteiger partial charge in [-0.2, -0.15) is 0 Å². The summed E-state index contributed by atoms with van der Waals surface area (Å²) in [5.74, 6) is 2.20. The van der Waals surface area contributed by atoms with Crippen molar-refractivity contribution in [1.82, 2.24) is 30.0 Å². The molecule has 2 atom stereocenters. The van der Waals surface area contributed by atoms with Crippen LogP contribution in [0.25, 0.3) is 0 Å². The maximum atomic E-state index is 13.6. The number of aliphatic hydroxyl groups excluding tert-OH is 1. The summed E-state index contributed by atoms with van der Waals surface area (Å²) in [6.45, 7) is 14.4. The quantitative estimate of drug-likeness (QED) is 0.114. The maximum absolute atomic E-state index is 13.6. The fourth-order valence-corrected chi connectivity index (χ4v) is 9.20. The van der Waals surface area contributed by atoms with Crippen LogP contribution in [-0.2, 0) is 32.0 Å². The number of rotatable bonds is 16. The van der Waals surface area contributed by atoms with Crippen LogP contribution in [0.15, 0.2) is 42.5 Å². The van der Waals surface area contributed by atoms with Crippen molar-refractivity contribution >= 4 is 53.1 Å². The molecule has 5 aliphatic rings. The number of ether oxygens (including phenoxy) is 3. The van der Waals surface area contributed by atoms with Crippen molar-refractivity contribution in [2.75, 3.05) is 93.2 Å². The topological polar surface area (TPSA) is 232 Å². The molecule has 2 saturated carbocycles. The molecule has 4 fully saturated rings. The van der Waals surface area contributed by atoms with Gasteiger partial charge in [0.25, 0.3) is 5.91 Å². The Kier molecular flexibility index (Phi) is 18.0. The fraction of sp³-hybridized carbons (Fsp3) is 0.596. The molecule has 4 amide bonds. The number of carboxylic acid groups (broad SMARTS) is 1. The molecule has 1 aromatic carbocycles.